The Balaban J connectivity index is 2.48. The monoisotopic (exact) mass is 261 g/mol. The van der Waals surface area contributed by atoms with Gasteiger partial charge in [0.1, 0.15) is 11.6 Å². The van der Waals surface area contributed by atoms with E-state index in [2.05, 4.69) is 20.6 Å². The number of ether oxygens (including phenoxy) is 1. The standard InChI is InChI=1S/C12H15N5O2/c1-19-7-3-6-14-11(18)10(8-13)9-17-12-15-4-2-5-16-12/h2,4-5,9H,3,6-7H2,1H3,(H,14,18)(H,15,16,17)/b10-9-. The summed E-state index contributed by atoms with van der Waals surface area (Å²) < 4.78 is 4.86. The average Bonchev–Trinajstić information content (AvgIpc) is 2.45. The zero-order valence-electron chi connectivity index (χ0n) is 10.6. The van der Waals surface area contributed by atoms with Gasteiger partial charge in [-0.1, -0.05) is 0 Å². The van der Waals surface area contributed by atoms with Crippen LogP contribution >= 0.6 is 0 Å². The lowest BCUT2D eigenvalue weighted by molar-refractivity contribution is -0.117. The highest BCUT2D eigenvalue weighted by Crippen LogP contribution is 1.98. The molecular weight excluding hydrogens is 246 g/mol. The molecule has 7 nitrogen and oxygen atoms in total. The fourth-order valence-electron chi connectivity index (χ4n) is 1.17. The fourth-order valence-corrected chi connectivity index (χ4v) is 1.17. The Morgan fingerprint density at radius 2 is 2.26 bits per heavy atom. The van der Waals surface area contributed by atoms with Gasteiger partial charge in [0.2, 0.25) is 5.95 Å². The highest BCUT2D eigenvalue weighted by Gasteiger charge is 2.07. The Hall–Kier alpha value is -2.46. The van der Waals surface area contributed by atoms with Crippen LogP contribution in [-0.2, 0) is 9.53 Å². The summed E-state index contributed by atoms with van der Waals surface area (Å²) in [5.41, 5.74) is -0.0372. The summed E-state index contributed by atoms with van der Waals surface area (Å²) in [5.74, 6) is -0.121. The molecule has 0 fully saturated rings. The van der Waals surface area contributed by atoms with Crippen molar-refractivity contribution in [3.63, 3.8) is 0 Å². The van der Waals surface area contributed by atoms with Crippen molar-refractivity contribution in [2.45, 2.75) is 6.42 Å². The number of nitriles is 1. The Kier molecular flexibility index (Phi) is 6.61. The van der Waals surface area contributed by atoms with Crippen molar-refractivity contribution in [3.8, 4) is 6.07 Å². The lowest BCUT2D eigenvalue weighted by Gasteiger charge is -2.04. The largest absolute Gasteiger partial charge is 0.385 e. The number of hydrogen-bond donors (Lipinski definition) is 2. The lowest BCUT2D eigenvalue weighted by Crippen LogP contribution is -2.26. The predicted octanol–water partition coefficient (Wildman–Crippen LogP) is 0.449. The molecule has 1 aromatic heterocycles. The van der Waals surface area contributed by atoms with Gasteiger partial charge >= 0.3 is 0 Å². The molecule has 100 valence electrons. The Morgan fingerprint density at radius 3 is 2.89 bits per heavy atom. The molecule has 1 rings (SSSR count). The van der Waals surface area contributed by atoms with E-state index in [-0.39, 0.29) is 5.57 Å². The molecule has 0 aliphatic heterocycles. The van der Waals surface area contributed by atoms with E-state index in [0.717, 1.165) is 0 Å². The molecule has 0 saturated carbocycles. The predicted molar refractivity (Wildman–Crippen MR) is 68.9 cm³/mol. The van der Waals surface area contributed by atoms with Crippen LogP contribution in [0, 0.1) is 11.3 Å². The summed E-state index contributed by atoms with van der Waals surface area (Å²) in [4.78, 5) is 19.4. The van der Waals surface area contributed by atoms with Crippen LogP contribution in [0.25, 0.3) is 0 Å². The summed E-state index contributed by atoms with van der Waals surface area (Å²) in [6.45, 7) is 1.01. The van der Waals surface area contributed by atoms with E-state index in [1.54, 1.807) is 25.6 Å². The zero-order valence-corrected chi connectivity index (χ0v) is 10.6. The average molecular weight is 261 g/mol. The Morgan fingerprint density at radius 1 is 1.53 bits per heavy atom. The van der Waals surface area contributed by atoms with Gasteiger partial charge in [-0.2, -0.15) is 5.26 Å². The van der Waals surface area contributed by atoms with Crippen LogP contribution in [0.15, 0.2) is 30.2 Å². The minimum absolute atomic E-state index is 0.0372. The molecule has 0 radical (unpaired) electrons. The molecule has 7 heteroatoms. The van der Waals surface area contributed by atoms with Gasteiger partial charge in [-0.15, -0.1) is 0 Å². The minimum atomic E-state index is -0.443. The van der Waals surface area contributed by atoms with Gasteiger partial charge in [-0.05, 0) is 12.5 Å². The van der Waals surface area contributed by atoms with Crippen molar-refractivity contribution in [2.24, 2.45) is 0 Å². The number of hydrogen-bond acceptors (Lipinski definition) is 6. The first-order valence-electron chi connectivity index (χ1n) is 5.69. The van der Waals surface area contributed by atoms with Gasteiger partial charge in [-0.3, -0.25) is 4.79 Å². The third-order valence-electron chi connectivity index (χ3n) is 2.09. The van der Waals surface area contributed by atoms with E-state index in [0.29, 0.717) is 25.5 Å². The molecule has 0 unspecified atom stereocenters. The van der Waals surface area contributed by atoms with E-state index in [1.807, 2.05) is 6.07 Å². The third kappa shape index (κ3) is 5.61. The molecular formula is C12H15N5O2. The Labute approximate surface area is 111 Å². The number of nitrogens with zero attached hydrogens (tertiary/aromatic N) is 3. The number of carbonyl (C=O) groups excluding carboxylic acids is 1. The van der Waals surface area contributed by atoms with Crippen molar-refractivity contribution in [3.05, 3.63) is 30.2 Å². The van der Waals surface area contributed by atoms with E-state index in [1.165, 1.54) is 6.20 Å². The lowest BCUT2D eigenvalue weighted by atomic mass is 10.3. The molecule has 0 aromatic carbocycles. The smallest absolute Gasteiger partial charge is 0.263 e. The van der Waals surface area contributed by atoms with Crippen LogP contribution in [-0.4, -0.2) is 36.1 Å². The molecule has 0 bridgehead atoms. The first-order chi connectivity index (χ1) is 9.27. The number of nitrogens with one attached hydrogen (secondary N) is 2. The topological polar surface area (TPSA) is 99.9 Å². The third-order valence-corrected chi connectivity index (χ3v) is 2.09. The molecule has 0 saturated heterocycles. The van der Waals surface area contributed by atoms with E-state index in [4.69, 9.17) is 10.00 Å². The molecule has 2 N–H and O–H groups in total. The molecule has 1 heterocycles. The molecule has 19 heavy (non-hydrogen) atoms. The van der Waals surface area contributed by atoms with Crippen molar-refractivity contribution >= 4 is 11.9 Å². The molecule has 1 amide bonds. The van der Waals surface area contributed by atoms with Crippen LogP contribution in [0.4, 0.5) is 5.95 Å². The molecule has 0 atom stereocenters. The second-order valence-corrected chi connectivity index (χ2v) is 3.49. The van der Waals surface area contributed by atoms with Gasteiger partial charge in [-0.25, -0.2) is 9.97 Å². The minimum Gasteiger partial charge on any atom is -0.385 e. The maximum absolute atomic E-state index is 11.6. The summed E-state index contributed by atoms with van der Waals surface area (Å²) in [6, 6.07) is 3.48. The van der Waals surface area contributed by atoms with Crippen LogP contribution in [0.5, 0.6) is 0 Å². The van der Waals surface area contributed by atoms with Gasteiger partial charge in [0, 0.05) is 38.9 Å². The second kappa shape index (κ2) is 8.60. The summed E-state index contributed by atoms with van der Waals surface area (Å²) in [5, 5.41) is 14.2. The van der Waals surface area contributed by atoms with Gasteiger partial charge in [0.05, 0.1) is 0 Å². The van der Waals surface area contributed by atoms with Crippen molar-refractivity contribution in [2.75, 3.05) is 25.6 Å². The maximum atomic E-state index is 11.6. The van der Waals surface area contributed by atoms with Crippen molar-refractivity contribution in [1.82, 2.24) is 15.3 Å². The molecule has 0 aliphatic rings. The number of methoxy groups -OCH3 is 1. The first-order valence-corrected chi connectivity index (χ1v) is 5.69. The molecule has 0 spiro atoms. The van der Waals surface area contributed by atoms with Gasteiger partial charge in [0.25, 0.3) is 5.91 Å². The summed E-state index contributed by atoms with van der Waals surface area (Å²) in [6.07, 6.45) is 5.08. The zero-order chi connectivity index (χ0) is 13.9. The maximum Gasteiger partial charge on any atom is 0.263 e. The van der Waals surface area contributed by atoms with Gasteiger partial charge in [0.15, 0.2) is 0 Å². The highest BCUT2D eigenvalue weighted by atomic mass is 16.5. The number of rotatable bonds is 7. The number of carbonyl (C=O) groups is 1. The fraction of sp³-hybridized carbons (Fsp3) is 0.333. The van der Waals surface area contributed by atoms with Crippen molar-refractivity contribution < 1.29 is 9.53 Å². The van der Waals surface area contributed by atoms with E-state index >= 15 is 0 Å². The summed E-state index contributed by atoms with van der Waals surface area (Å²) in [7, 11) is 1.59. The number of aromatic nitrogens is 2. The summed E-state index contributed by atoms with van der Waals surface area (Å²) >= 11 is 0. The number of anilines is 1. The normalized spacial score (nSPS) is 10.6. The van der Waals surface area contributed by atoms with Gasteiger partial charge < -0.3 is 15.4 Å². The van der Waals surface area contributed by atoms with Crippen LogP contribution in [0.2, 0.25) is 0 Å². The highest BCUT2D eigenvalue weighted by molar-refractivity contribution is 5.97. The van der Waals surface area contributed by atoms with Crippen LogP contribution < -0.4 is 10.6 Å². The van der Waals surface area contributed by atoms with Crippen molar-refractivity contribution in [1.29, 1.82) is 5.26 Å². The van der Waals surface area contributed by atoms with Crippen LogP contribution in [0.1, 0.15) is 6.42 Å². The van der Waals surface area contributed by atoms with Crippen LogP contribution in [0.3, 0.4) is 0 Å². The number of amides is 1. The molecule has 0 aliphatic carbocycles. The molecule has 1 aromatic rings. The second-order valence-electron chi connectivity index (χ2n) is 3.49. The quantitative estimate of drug-likeness (QED) is 0.420. The Bertz CT molecular complexity index is 467. The first kappa shape index (κ1) is 14.6. The van der Waals surface area contributed by atoms with E-state index in [9.17, 15) is 4.79 Å². The SMILES string of the molecule is COCCCNC(=O)/C(C#N)=C\Nc1ncccn1. The van der Waals surface area contributed by atoms with E-state index < -0.39 is 5.91 Å².